The van der Waals surface area contributed by atoms with Gasteiger partial charge in [0.15, 0.2) is 0 Å². The van der Waals surface area contributed by atoms with Crippen LogP contribution in [0.15, 0.2) is 36.5 Å². The van der Waals surface area contributed by atoms with E-state index in [0.29, 0.717) is 36.5 Å². The van der Waals surface area contributed by atoms with E-state index in [2.05, 4.69) is 9.47 Å². The minimum atomic E-state index is -1.43. The Balaban J connectivity index is 4.35. The average Bonchev–Trinajstić information content (AvgIpc) is 2.40. The second-order valence-corrected chi connectivity index (χ2v) is 3.16. The molecule has 0 aromatic rings. The van der Waals surface area contributed by atoms with Gasteiger partial charge in [-0.05, 0) is 0 Å². The molecule has 0 amide bonds. The molecule has 0 atom stereocenters. The first-order valence-corrected chi connectivity index (χ1v) is 5.22. The maximum atomic E-state index is 11.0. The minimum Gasteiger partial charge on any atom is -0.478 e. The highest BCUT2D eigenvalue weighted by Crippen LogP contribution is 1.90. The molecule has 0 aromatic carbocycles. The third-order valence-electron chi connectivity index (χ3n) is 1.48. The number of esters is 4. The zero-order valence-electron chi connectivity index (χ0n) is 10.6. The van der Waals surface area contributed by atoms with Gasteiger partial charge in [0.1, 0.15) is 0 Å². The number of aliphatic carboxylic acids is 2. The van der Waals surface area contributed by atoms with Gasteiger partial charge in [-0.15, -0.1) is 0 Å². The number of ether oxygens (including phenoxy) is 2. The molecule has 0 radical (unpaired) electrons. The standard InChI is InChI=1S/C12H8O10/c13-7(14)1-3-9(17)21-11(19)5-6-12(20)22-10(18)4-2-8(15)16/h1-6H,(H,13,14)(H,15,16)/b3-1-,4-2-,6-5-. The fourth-order valence-electron chi connectivity index (χ4n) is 0.749. The van der Waals surface area contributed by atoms with Crippen LogP contribution in [0, 0.1) is 0 Å². The highest BCUT2D eigenvalue weighted by molar-refractivity contribution is 6.03. The molecular weight excluding hydrogens is 304 g/mol. The SMILES string of the molecule is O=C(O)/C=C\C(=O)OC(=O)/C=C\C(=O)OC(=O)/C=C\C(=O)O. The van der Waals surface area contributed by atoms with E-state index in [-0.39, 0.29) is 0 Å². The van der Waals surface area contributed by atoms with Gasteiger partial charge < -0.3 is 19.7 Å². The molecule has 0 saturated carbocycles. The highest BCUT2D eigenvalue weighted by Gasteiger charge is 2.08. The van der Waals surface area contributed by atoms with Gasteiger partial charge in [0, 0.05) is 36.5 Å². The number of carboxylic acids is 2. The molecule has 0 unspecified atom stereocenters. The zero-order valence-corrected chi connectivity index (χ0v) is 10.6. The van der Waals surface area contributed by atoms with Crippen molar-refractivity contribution in [2.45, 2.75) is 0 Å². The van der Waals surface area contributed by atoms with E-state index in [4.69, 9.17) is 10.2 Å². The van der Waals surface area contributed by atoms with Crippen LogP contribution >= 0.6 is 0 Å². The van der Waals surface area contributed by atoms with Gasteiger partial charge in [-0.2, -0.15) is 0 Å². The van der Waals surface area contributed by atoms with Crippen LogP contribution < -0.4 is 0 Å². The van der Waals surface area contributed by atoms with E-state index >= 15 is 0 Å². The molecule has 0 fully saturated rings. The topological polar surface area (TPSA) is 161 Å². The predicted molar refractivity (Wildman–Crippen MR) is 64.9 cm³/mol. The molecule has 10 nitrogen and oxygen atoms in total. The fraction of sp³-hybridized carbons (Fsp3) is 0. The molecule has 116 valence electrons. The average molecular weight is 312 g/mol. The summed E-state index contributed by atoms with van der Waals surface area (Å²) >= 11 is 0. The summed E-state index contributed by atoms with van der Waals surface area (Å²) in [5.41, 5.74) is 0. The summed E-state index contributed by atoms with van der Waals surface area (Å²) in [6.07, 6.45) is 2.69. The molecule has 0 heterocycles. The maximum Gasteiger partial charge on any atom is 0.338 e. The van der Waals surface area contributed by atoms with Crippen molar-refractivity contribution in [3.8, 4) is 0 Å². The Hall–Kier alpha value is -3.56. The molecule has 2 N–H and O–H groups in total. The summed E-state index contributed by atoms with van der Waals surface area (Å²) in [7, 11) is 0. The smallest absolute Gasteiger partial charge is 0.338 e. The van der Waals surface area contributed by atoms with Gasteiger partial charge in [0.2, 0.25) is 0 Å². The van der Waals surface area contributed by atoms with Crippen molar-refractivity contribution in [2.24, 2.45) is 0 Å². The Kier molecular flexibility index (Phi) is 7.85. The number of carboxylic acid groups (broad SMARTS) is 2. The van der Waals surface area contributed by atoms with Crippen molar-refractivity contribution in [3.63, 3.8) is 0 Å². The first-order chi connectivity index (χ1) is 10.2. The molecule has 0 aromatic heterocycles. The van der Waals surface area contributed by atoms with E-state index in [0.717, 1.165) is 0 Å². The maximum absolute atomic E-state index is 11.0. The molecular formula is C12H8O10. The summed E-state index contributed by atoms with van der Waals surface area (Å²) in [4.78, 5) is 63.9. The number of rotatable bonds is 6. The van der Waals surface area contributed by atoms with Crippen molar-refractivity contribution >= 4 is 35.8 Å². The first kappa shape index (κ1) is 18.4. The summed E-state index contributed by atoms with van der Waals surface area (Å²) in [5, 5.41) is 16.4. The Labute approximate surface area is 121 Å². The lowest BCUT2D eigenvalue weighted by Gasteiger charge is -1.95. The molecule has 0 spiro atoms. The lowest BCUT2D eigenvalue weighted by Crippen LogP contribution is -2.11. The quantitative estimate of drug-likeness (QED) is 0.352. The first-order valence-electron chi connectivity index (χ1n) is 5.22. The minimum absolute atomic E-state index is 0.432. The Morgan fingerprint density at radius 1 is 0.500 bits per heavy atom. The lowest BCUT2D eigenvalue weighted by molar-refractivity contribution is -0.155. The molecule has 0 saturated heterocycles. The summed E-state index contributed by atoms with van der Waals surface area (Å²) in [5.74, 6) is -8.07. The number of carbonyl (C=O) groups is 6. The normalized spacial score (nSPS) is 10.7. The predicted octanol–water partition coefficient (Wildman–Crippen LogP) is -1.04. The molecule has 10 heteroatoms. The van der Waals surface area contributed by atoms with E-state index < -0.39 is 35.8 Å². The molecule has 0 aliphatic heterocycles. The summed E-state index contributed by atoms with van der Waals surface area (Å²) in [6, 6.07) is 0. The molecule has 0 rings (SSSR count). The second kappa shape index (κ2) is 9.36. The third-order valence-corrected chi connectivity index (χ3v) is 1.48. The Morgan fingerprint density at radius 2 is 0.727 bits per heavy atom. The Bertz CT molecular complexity index is 541. The van der Waals surface area contributed by atoms with Crippen LogP contribution in [0.4, 0.5) is 0 Å². The molecule has 0 aliphatic rings. The van der Waals surface area contributed by atoms with Crippen LogP contribution in [-0.2, 0) is 38.2 Å². The van der Waals surface area contributed by atoms with Gasteiger partial charge in [0.05, 0.1) is 0 Å². The van der Waals surface area contributed by atoms with Crippen LogP contribution in [0.3, 0.4) is 0 Å². The van der Waals surface area contributed by atoms with Crippen molar-refractivity contribution in [2.75, 3.05) is 0 Å². The molecule has 0 aliphatic carbocycles. The number of hydrogen-bond acceptors (Lipinski definition) is 8. The number of hydrogen-bond donors (Lipinski definition) is 2. The van der Waals surface area contributed by atoms with E-state index in [1.165, 1.54) is 0 Å². The van der Waals surface area contributed by atoms with Crippen LogP contribution in [0.1, 0.15) is 0 Å². The van der Waals surface area contributed by atoms with Gasteiger partial charge in [-0.1, -0.05) is 0 Å². The van der Waals surface area contributed by atoms with Crippen molar-refractivity contribution in [1.29, 1.82) is 0 Å². The monoisotopic (exact) mass is 312 g/mol. The van der Waals surface area contributed by atoms with E-state index in [1.54, 1.807) is 0 Å². The van der Waals surface area contributed by atoms with Gasteiger partial charge in [-0.3, -0.25) is 0 Å². The van der Waals surface area contributed by atoms with Crippen LogP contribution in [-0.4, -0.2) is 46.0 Å². The van der Waals surface area contributed by atoms with Gasteiger partial charge >= 0.3 is 35.8 Å². The van der Waals surface area contributed by atoms with Crippen molar-refractivity contribution < 1.29 is 48.5 Å². The molecule has 22 heavy (non-hydrogen) atoms. The van der Waals surface area contributed by atoms with Gasteiger partial charge in [-0.25, -0.2) is 28.8 Å². The van der Waals surface area contributed by atoms with Gasteiger partial charge in [0.25, 0.3) is 0 Å². The van der Waals surface area contributed by atoms with Crippen LogP contribution in [0.2, 0.25) is 0 Å². The van der Waals surface area contributed by atoms with E-state index in [9.17, 15) is 28.8 Å². The summed E-state index contributed by atoms with van der Waals surface area (Å²) in [6.45, 7) is 0. The van der Waals surface area contributed by atoms with Crippen molar-refractivity contribution in [1.82, 2.24) is 0 Å². The highest BCUT2D eigenvalue weighted by atomic mass is 16.6. The largest absolute Gasteiger partial charge is 0.478 e. The van der Waals surface area contributed by atoms with Crippen molar-refractivity contribution in [3.05, 3.63) is 36.5 Å². The zero-order chi connectivity index (χ0) is 17.1. The Morgan fingerprint density at radius 3 is 0.955 bits per heavy atom. The fourth-order valence-corrected chi connectivity index (χ4v) is 0.749. The van der Waals surface area contributed by atoms with Crippen LogP contribution in [0.25, 0.3) is 0 Å². The summed E-state index contributed by atoms with van der Waals surface area (Å²) < 4.78 is 8.07. The number of carbonyl (C=O) groups excluding carboxylic acids is 4. The lowest BCUT2D eigenvalue weighted by atomic mass is 10.4. The third kappa shape index (κ3) is 10.4. The van der Waals surface area contributed by atoms with Crippen LogP contribution in [0.5, 0.6) is 0 Å². The van der Waals surface area contributed by atoms with E-state index in [1.807, 2.05) is 0 Å². The molecule has 0 bridgehead atoms. The second-order valence-electron chi connectivity index (χ2n) is 3.16.